The predicted molar refractivity (Wildman–Crippen MR) is 156 cm³/mol. The Morgan fingerprint density at radius 2 is 1.68 bits per heavy atom. The first-order chi connectivity index (χ1) is 19.2. The van der Waals surface area contributed by atoms with Gasteiger partial charge in [-0.3, -0.25) is 9.69 Å². The maximum atomic E-state index is 14.2. The number of ether oxygens (including phenoxy) is 1. The maximum absolute atomic E-state index is 14.2. The van der Waals surface area contributed by atoms with Crippen molar-refractivity contribution in [3.8, 4) is 0 Å². The van der Waals surface area contributed by atoms with Crippen LogP contribution in [-0.2, 0) is 9.53 Å². The highest BCUT2D eigenvalue weighted by Gasteiger charge is 2.50. The third kappa shape index (κ3) is 5.77. The van der Waals surface area contributed by atoms with Gasteiger partial charge in [0, 0.05) is 31.6 Å². The van der Waals surface area contributed by atoms with Gasteiger partial charge in [-0.25, -0.2) is 9.18 Å². The Morgan fingerprint density at radius 1 is 1.02 bits per heavy atom. The molecule has 0 radical (unpaired) electrons. The van der Waals surface area contributed by atoms with Crippen LogP contribution in [0.25, 0.3) is 0 Å². The molecule has 2 saturated carbocycles. The van der Waals surface area contributed by atoms with Gasteiger partial charge in [-0.2, -0.15) is 0 Å². The Kier molecular flexibility index (Phi) is 8.80. The monoisotopic (exact) mass is 555 g/mol. The lowest BCUT2D eigenvalue weighted by Gasteiger charge is -2.51. The first-order valence-corrected chi connectivity index (χ1v) is 15.9. The van der Waals surface area contributed by atoms with Gasteiger partial charge in [-0.1, -0.05) is 45.2 Å². The number of halogens is 1. The number of hydrogen-bond donors (Lipinski definition) is 0. The number of nitrogens with zero attached hydrogens (tertiary/aromatic N) is 3. The largest absolute Gasteiger partial charge is 0.447 e. The van der Waals surface area contributed by atoms with E-state index in [0.717, 1.165) is 64.0 Å². The molecule has 2 aliphatic heterocycles. The highest BCUT2D eigenvalue weighted by Crippen LogP contribution is 2.49. The molecule has 2 amide bonds. The summed E-state index contributed by atoms with van der Waals surface area (Å²) >= 11 is 0. The molecule has 0 spiro atoms. The third-order valence-electron chi connectivity index (χ3n) is 11.0. The Labute approximate surface area is 240 Å². The van der Waals surface area contributed by atoms with Gasteiger partial charge < -0.3 is 14.5 Å². The zero-order valence-electron chi connectivity index (χ0n) is 25.2. The molecule has 5 rings (SSSR count). The minimum Gasteiger partial charge on any atom is -0.447 e. The van der Waals surface area contributed by atoms with E-state index in [9.17, 15) is 14.0 Å². The summed E-state index contributed by atoms with van der Waals surface area (Å²) in [5.74, 6) is 0.662. The number of hydrogen-bond acceptors (Lipinski definition) is 4. The van der Waals surface area contributed by atoms with Crippen LogP contribution in [-0.4, -0.2) is 77.6 Å². The average Bonchev–Trinajstić information content (AvgIpc) is 3.51. The maximum Gasteiger partial charge on any atom is 0.410 e. The average molecular weight is 556 g/mol. The molecule has 1 aromatic carbocycles. The standard InChI is InChI=1S/C33H50FN3O3/c1-5-35(6-2)27-20-28(24-12-14-26(34)15-13-24)29(21-27)30(38)36-18-16-33(17-19-36,25-10-8-7-9-11-25)22-37-31(39)40-23-32(37,3)4/h12-15,25,27-29H,5-11,16-23H2,1-4H3/t27?,28?,29-/m1/s1. The fourth-order valence-corrected chi connectivity index (χ4v) is 8.45. The molecule has 2 aliphatic carbocycles. The molecule has 0 aromatic heterocycles. The summed E-state index contributed by atoms with van der Waals surface area (Å²) in [7, 11) is 0. The van der Waals surface area contributed by atoms with Gasteiger partial charge in [-0.05, 0) is 100 Å². The summed E-state index contributed by atoms with van der Waals surface area (Å²) in [6.45, 7) is 13.2. The molecule has 7 heteroatoms. The van der Waals surface area contributed by atoms with Gasteiger partial charge in [0.15, 0.2) is 0 Å². The lowest BCUT2D eigenvalue weighted by Crippen LogP contribution is -2.55. The summed E-state index contributed by atoms with van der Waals surface area (Å²) in [4.78, 5) is 33.6. The van der Waals surface area contributed by atoms with Crippen molar-refractivity contribution in [2.45, 2.75) is 103 Å². The second kappa shape index (κ2) is 12.0. The second-order valence-corrected chi connectivity index (χ2v) is 13.6. The minimum absolute atomic E-state index is 0.0353. The summed E-state index contributed by atoms with van der Waals surface area (Å²) in [5, 5.41) is 0. The highest BCUT2D eigenvalue weighted by atomic mass is 19.1. The number of amides is 2. The number of carbonyl (C=O) groups excluding carboxylic acids is 2. The lowest BCUT2D eigenvalue weighted by atomic mass is 9.63. The number of cyclic esters (lactones) is 1. The van der Waals surface area contributed by atoms with Crippen LogP contribution >= 0.6 is 0 Å². The number of benzene rings is 1. The van der Waals surface area contributed by atoms with Crippen LogP contribution in [0.5, 0.6) is 0 Å². The molecular weight excluding hydrogens is 505 g/mol. The molecule has 2 heterocycles. The van der Waals surface area contributed by atoms with Gasteiger partial charge in [0.05, 0.1) is 5.54 Å². The van der Waals surface area contributed by atoms with Crippen LogP contribution in [0, 0.1) is 23.1 Å². The molecule has 1 aromatic rings. The Morgan fingerprint density at radius 3 is 2.25 bits per heavy atom. The van der Waals surface area contributed by atoms with E-state index < -0.39 is 0 Å². The van der Waals surface area contributed by atoms with E-state index in [1.807, 2.05) is 17.0 Å². The van der Waals surface area contributed by atoms with Crippen molar-refractivity contribution in [2.75, 3.05) is 39.3 Å². The van der Waals surface area contributed by atoms with Crippen molar-refractivity contribution in [3.63, 3.8) is 0 Å². The molecular formula is C33H50FN3O3. The number of piperidine rings is 1. The lowest BCUT2D eigenvalue weighted by molar-refractivity contribution is -0.139. The van der Waals surface area contributed by atoms with Crippen molar-refractivity contribution in [3.05, 3.63) is 35.6 Å². The number of carbonyl (C=O) groups is 2. The molecule has 222 valence electrons. The first-order valence-electron chi connectivity index (χ1n) is 15.9. The van der Waals surface area contributed by atoms with E-state index in [2.05, 4.69) is 37.5 Å². The zero-order valence-corrected chi connectivity index (χ0v) is 25.2. The van der Waals surface area contributed by atoms with Crippen LogP contribution in [0.15, 0.2) is 24.3 Å². The molecule has 2 saturated heterocycles. The van der Waals surface area contributed by atoms with Gasteiger partial charge in [0.25, 0.3) is 0 Å². The molecule has 0 N–H and O–H groups in total. The van der Waals surface area contributed by atoms with Gasteiger partial charge in [0.2, 0.25) is 5.91 Å². The summed E-state index contributed by atoms with van der Waals surface area (Å²) < 4.78 is 19.2. The molecule has 40 heavy (non-hydrogen) atoms. The smallest absolute Gasteiger partial charge is 0.410 e. The minimum atomic E-state index is -0.294. The predicted octanol–water partition coefficient (Wildman–Crippen LogP) is 6.45. The molecule has 3 atom stereocenters. The van der Waals surface area contributed by atoms with E-state index in [-0.39, 0.29) is 40.6 Å². The molecule has 6 nitrogen and oxygen atoms in total. The van der Waals surface area contributed by atoms with Crippen LogP contribution in [0.3, 0.4) is 0 Å². The topological polar surface area (TPSA) is 53.1 Å². The first kappa shape index (κ1) is 29.3. The van der Waals surface area contributed by atoms with Gasteiger partial charge >= 0.3 is 6.09 Å². The quantitative estimate of drug-likeness (QED) is 0.370. The van der Waals surface area contributed by atoms with Gasteiger partial charge in [-0.15, -0.1) is 0 Å². The van der Waals surface area contributed by atoms with Crippen molar-refractivity contribution in [1.82, 2.24) is 14.7 Å². The molecule has 4 aliphatic rings. The summed E-state index contributed by atoms with van der Waals surface area (Å²) in [6, 6.07) is 7.20. The van der Waals surface area contributed by atoms with E-state index in [1.165, 1.54) is 44.2 Å². The van der Waals surface area contributed by atoms with E-state index in [4.69, 9.17) is 4.74 Å². The summed E-state index contributed by atoms with van der Waals surface area (Å²) in [6.07, 6.45) is 9.76. The highest BCUT2D eigenvalue weighted by molar-refractivity contribution is 5.80. The van der Waals surface area contributed by atoms with Crippen LogP contribution in [0.1, 0.15) is 97.0 Å². The number of likely N-dealkylation sites (tertiary alicyclic amines) is 1. The third-order valence-corrected chi connectivity index (χ3v) is 11.0. The van der Waals surface area contributed by atoms with E-state index >= 15 is 0 Å². The Hall–Kier alpha value is -2.15. The SMILES string of the molecule is CCN(CC)C1CC(c2ccc(F)cc2)[C@H](C(=O)N2CCC(CN3C(=O)OCC3(C)C)(C3CCCCC3)CC2)C1. The Balaban J connectivity index is 1.34. The summed E-state index contributed by atoms with van der Waals surface area (Å²) in [5.41, 5.74) is 0.822. The fraction of sp³-hybridized carbons (Fsp3) is 0.758. The second-order valence-electron chi connectivity index (χ2n) is 13.6. The van der Waals surface area contributed by atoms with Crippen LogP contribution < -0.4 is 0 Å². The molecule has 2 unspecified atom stereocenters. The normalized spacial score (nSPS) is 28.8. The molecule has 4 fully saturated rings. The van der Waals surface area contributed by atoms with Crippen molar-refractivity contribution in [2.24, 2.45) is 17.3 Å². The fourth-order valence-electron chi connectivity index (χ4n) is 8.45. The van der Waals surface area contributed by atoms with Gasteiger partial charge in [0.1, 0.15) is 12.4 Å². The zero-order chi connectivity index (χ0) is 28.5. The van der Waals surface area contributed by atoms with Crippen molar-refractivity contribution < 1.29 is 18.7 Å². The van der Waals surface area contributed by atoms with Crippen molar-refractivity contribution >= 4 is 12.0 Å². The van der Waals surface area contributed by atoms with E-state index in [0.29, 0.717) is 18.6 Å². The number of rotatable bonds is 8. The van der Waals surface area contributed by atoms with Crippen LogP contribution in [0.2, 0.25) is 0 Å². The van der Waals surface area contributed by atoms with E-state index in [1.54, 1.807) is 0 Å². The molecule has 0 bridgehead atoms. The van der Waals surface area contributed by atoms with Crippen LogP contribution in [0.4, 0.5) is 9.18 Å². The Bertz CT molecular complexity index is 1030. The van der Waals surface area contributed by atoms with Crippen molar-refractivity contribution in [1.29, 1.82) is 0 Å².